The summed E-state index contributed by atoms with van der Waals surface area (Å²) < 4.78 is 6.84. The van der Waals surface area contributed by atoms with Crippen LogP contribution in [0.2, 0.25) is 5.02 Å². The Bertz CT molecular complexity index is 1490. The maximum Gasteiger partial charge on any atom is 0.266 e. The number of benzene rings is 2. The van der Waals surface area contributed by atoms with Gasteiger partial charge in [0.25, 0.3) is 5.91 Å². The number of ether oxygens (including phenoxy) is 1. The van der Waals surface area contributed by atoms with Gasteiger partial charge in [0, 0.05) is 45.7 Å². The monoisotopic (exact) mass is 561 g/mol. The van der Waals surface area contributed by atoms with Crippen LogP contribution in [0.4, 0.5) is 0 Å². The number of aryl methyl sites for hydroxylation is 3. The normalized spacial score (nSPS) is 17.4. The third-order valence-corrected chi connectivity index (χ3v) is 9.54. The third-order valence-electron chi connectivity index (χ3n) is 7.90. The first-order chi connectivity index (χ1) is 18.8. The van der Waals surface area contributed by atoms with Gasteiger partial charge in [0.2, 0.25) is 0 Å². The molecule has 5 rings (SSSR count). The molecule has 7 heteroatoms. The van der Waals surface area contributed by atoms with Gasteiger partial charge in [-0.25, -0.2) is 0 Å². The minimum Gasteiger partial charge on any atom is -0.496 e. The largest absolute Gasteiger partial charge is 0.496 e. The predicted molar refractivity (Wildman–Crippen MR) is 162 cm³/mol. The molecule has 1 N–H and O–H groups in total. The number of rotatable bonds is 7. The van der Waals surface area contributed by atoms with Crippen LogP contribution < -0.4 is 10.1 Å². The zero-order valence-electron chi connectivity index (χ0n) is 23.3. The van der Waals surface area contributed by atoms with E-state index < -0.39 is 0 Å². The molecule has 0 unspecified atom stereocenters. The molecule has 0 aliphatic heterocycles. The average Bonchev–Trinajstić information content (AvgIpc) is 3.28. The van der Waals surface area contributed by atoms with E-state index in [9.17, 15) is 4.79 Å². The number of carbonyl (C=O) groups excluding carboxylic acids is 1. The van der Waals surface area contributed by atoms with Gasteiger partial charge in [0.05, 0.1) is 12.1 Å². The smallest absolute Gasteiger partial charge is 0.266 e. The summed E-state index contributed by atoms with van der Waals surface area (Å²) in [6, 6.07) is 17.2. The molecular formula is C32H36ClN3O2S. The number of fused-ring (bicyclic) bond motifs is 1. The maximum atomic E-state index is 14.3. The molecule has 0 atom stereocenters. The highest BCUT2D eigenvalue weighted by molar-refractivity contribution is 7.21. The fourth-order valence-corrected chi connectivity index (χ4v) is 7.48. The molecule has 39 heavy (non-hydrogen) atoms. The minimum atomic E-state index is -0.00318. The van der Waals surface area contributed by atoms with Crippen molar-refractivity contribution in [2.24, 2.45) is 0 Å². The minimum absolute atomic E-state index is 0.00318. The number of methoxy groups -OCH3 is 1. The number of thiophene rings is 1. The zero-order valence-corrected chi connectivity index (χ0v) is 24.9. The molecular weight excluding hydrogens is 526 g/mol. The van der Waals surface area contributed by atoms with Crippen molar-refractivity contribution in [3.63, 3.8) is 0 Å². The van der Waals surface area contributed by atoms with Gasteiger partial charge in [0.1, 0.15) is 10.6 Å². The van der Waals surface area contributed by atoms with Gasteiger partial charge < -0.3 is 15.0 Å². The molecule has 0 saturated heterocycles. The molecule has 2 aromatic carbocycles. The first-order valence-corrected chi connectivity index (χ1v) is 14.8. The number of hydrogen-bond acceptors (Lipinski definition) is 5. The highest BCUT2D eigenvalue weighted by Crippen LogP contribution is 2.40. The van der Waals surface area contributed by atoms with Gasteiger partial charge in [-0.1, -0.05) is 29.8 Å². The number of nitrogens with zero attached hydrogens (tertiary/aromatic N) is 2. The Morgan fingerprint density at radius 2 is 1.77 bits per heavy atom. The van der Waals surface area contributed by atoms with Crippen molar-refractivity contribution in [3.8, 4) is 16.9 Å². The molecule has 0 bridgehead atoms. The van der Waals surface area contributed by atoms with Gasteiger partial charge in [-0.15, -0.1) is 11.3 Å². The van der Waals surface area contributed by atoms with Crippen molar-refractivity contribution in [1.82, 2.24) is 15.2 Å². The van der Waals surface area contributed by atoms with Crippen molar-refractivity contribution >= 4 is 38.9 Å². The van der Waals surface area contributed by atoms with Crippen LogP contribution in [0.25, 0.3) is 21.2 Å². The van der Waals surface area contributed by atoms with Crippen LogP contribution in [0, 0.1) is 20.8 Å². The Morgan fingerprint density at radius 1 is 1.05 bits per heavy atom. The molecule has 1 aliphatic carbocycles. The van der Waals surface area contributed by atoms with E-state index in [2.05, 4.69) is 34.6 Å². The van der Waals surface area contributed by atoms with E-state index >= 15 is 0 Å². The number of nitrogens with one attached hydrogen (secondary N) is 1. The van der Waals surface area contributed by atoms with Crippen molar-refractivity contribution in [3.05, 3.63) is 80.9 Å². The summed E-state index contributed by atoms with van der Waals surface area (Å²) in [4.78, 5) is 21.5. The first kappa shape index (κ1) is 27.6. The Hall–Kier alpha value is -2.93. The predicted octanol–water partition coefficient (Wildman–Crippen LogP) is 7.72. The first-order valence-electron chi connectivity index (χ1n) is 13.6. The summed E-state index contributed by atoms with van der Waals surface area (Å²) >= 11 is 8.40. The molecule has 0 spiro atoms. The second-order valence-corrected chi connectivity index (χ2v) is 12.0. The van der Waals surface area contributed by atoms with Crippen LogP contribution in [0.15, 0.2) is 48.5 Å². The second kappa shape index (κ2) is 11.7. The van der Waals surface area contributed by atoms with Crippen molar-refractivity contribution in [2.45, 2.75) is 65.1 Å². The van der Waals surface area contributed by atoms with E-state index in [-0.39, 0.29) is 11.9 Å². The van der Waals surface area contributed by atoms with Crippen LogP contribution in [0.1, 0.15) is 57.9 Å². The summed E-state index contributed by atoms with van der Waals surface area (Å²) in [5.41, 5.74) is 6.23. The number of amides is 1. The van der Waals surface area contributed by atoms with Crippen LogP contribution in [0.5, 0.6) is 5.75 Å². The molecule has 1 saturated carbocycles. The summed E-state index contributed by atoms with van der Waals surface area (Å²) in [5.74, 6) is 0.776. The van der Waals surface area contributed by atoms with Crippen molar-refractivity contribution in [2.75, 3.05) is 14.2 Å². The molecule has 1 fully saturated rings. The van der Waals surface area contributed by atoms with Gasteiger partial charge in [-0.05, 0) is 101 Å². The Labute approximate surface area is 240 Å². The molecule has 0 radical (unpaired) electrons. The van der Waals surface area contributed by atoms with Crippen LogP contribution >= 0.6 is 22.9 Å². The van der Waals surface area contributed by atoms with Gasteiger partial charge in [0.15, 0.2) is 0 Å². The lowest BCUT2D eigenvalue weighted by atomic mass is 9.89. The Balaban J connectivity index is 1.55. The quantitative estimate of drug-likeness (QED) is 0.251. The fourth-order valence-electron chi connectivity index (χ4n) is 5.85. The van der Waals surface area contributed by atoms with Crippen molar-refractivity contribution < 1.29 is 9.53 Å². The van der Waals surface area contributed by atoms with E-state index in [0.717, 1.165) is 75.2 Å². The maximum absolute atomic E-state index is 14.3. The molecule has 2 heterocycles. The highest BCUT2D eigenvalue weighted by atomic mass is 35.5. The van der Waals surface area contributed by atoms with Gasteiger partial charge in [-0.2, -0.15) is 0 Å². The number of carbonyl (C=O) groups is 1. The molecule has 2 aromatic heterocycles. The Morgan fingerprint density at radius 3 is 2.41 bits per heavy atom. The molecule has 204 valence electrons. The lowest BCUT2D eigenvalue weighted by Gasteiger charge is -2.37. The standard InChI is InChI=1S/C32H36ClN3O2S/c1-19-7-6-8-28-29(19)30(33)31(39-28)32(37)36(26-12-10-25(34-4)11-13-26)18-24-17-22(9-14-27(24)38-5)23-15-20(2)35-21(3)16-23/h6-9,14-17,25-26,34H,10-13,18H2,1-5H3/t25-,26-. The van der Waals surface area contributed by atoms with E-state index in [4.69, 9.17) is 16.3 Å². The van der Waals surface area contributed by atoms with Crippen LogP contribution in [0.3, 0.4) is 0 Å². The number of halogens is 1. The summed E-state index contributed by atoms with van der Waals surface area (Å²) in [6.07, 6.45) is 3.97. The fraction of sp³-hybridized carbons (Fsp3) is 0.375. The van der Waals surface area contributed by atoms with Crippen molar-refractivity contribution in [1.29, 1.82) is 0 Å². The third kappa shape index (κ3) is 5.69. The number of hydrogen-bond donors (Lipinski definition) is 1. The topological polar surface area (TPSA) is 54.5 Å². The lowest BCUT2D eigenvalue weighted by molar-refractivity contribution is 0.0604. The van der Waals surface area contributed by atoms with E-state index in [1.807, 2.05) is 57.0 Å². The molecule has 1 amide bonds. The SMILES string of the molecule is CN[C@H]1CC[C@H](N(Cc2cc(-c3cc(C)nc(C)c3)ccc2OC)C(=O)c2sc3cccc(C)c3c2Cl)CC1. The average molecular weight is 562 g/mol. The summed E-state index contributed by atoms with van der Waals surface area (Å²) in [7, 11) is 3.71. The lowest BCUT2D eigenvalue weighted by Crippen LogP contribution is -2.44. The van der Waals surface area contributed by atoms with Crippen LogP contribution in [-0.4, -0.2) is 42.0 Å². The van der Waals surface area contributed by atoms with E-state index in [0.29, 0.717) is 22.5 Å². The zero-order chi connectivity index (χ0) is 27.7. The van der Waals surface area contributed by atoms with Gasteiger partial charge in [-0.3, -0.25) is 9.78 Å². The molecule has 5 nitrogen and oxygen atoms in total. The van der Waals surface area contributed by atoms with Crippen LogP contribution in [-0.2, 0) is 6.54 Å². The number of aromatic nitrogens is 1. The second-order valence-electron chi connectivity index (χ2n) is 10.6. The van der Waals surface area contributed by atoms with E-state index in [1.165, 1.54) is 11.3 Å². The highest BCUT2D eigenvalue weighted by Gasteiger charge is 2.32. The summed E-state index contributed by atoms with van der Waals surface area (Å²) in [6.45, 7) is 6.53. The van der Waals surface area contributed by atoms with E-state index in [1.54, 1.807) is 7.11 Å². The molecule has 4 aromatic rings. The summed E-state index contributed by atoms with van der Waals surface area (Å²) in [5, 5.41) is 4.96. The number of pyridine rings is 1. The Kier molecular flexibility index (Phi) is 8.27. The molecule has 1 aliphatic rings. The van der Waals surface area contributed by atoms with Gasteiger partial charge >= 0.3 is 0 Å².